The number of halogens is 5. The molecule has 2 aromatic carbocycles. The Hall–Kier alpha value is -2.17. The molecule has 162 valence electrons. The number of carbonyl (C=O) groups excluding carboxylic acids is 1. The van der Waals surface area contributed by atoms with Gasteiger partial charge in [0.05, 0.1) is 10.5 Å². The number of rotatable bonds is 4. The fourth-order valence-electron chi connectivity index (χ4n) is 3.18. The summed E-state index contributed by atoms with van der Waals surface area (Å²) in [4.78, 5) is 12.5. The molecule has 0 aliphatic carbocycles. The summed E-state index contributed by atoms with van der Waals surface area (Å²) in [6.45, 7) is 0.167. The van der Waals surface area contributed by atoms with Crippen LogP contribution in [-0.2, 0) is 21.0 Å². The summed E-state index contributed by atoms with van der Waals surface area (Å²) in [6, 6.07) is 7.93. The van der Waals surface area contributed by atoms with Crippen molar-refractivity contribution in [1.82, 2.24) is 4.31 Å². The van der Waals surface area contributed by atoms with Gasteiger partial charge in [-0.15, -0.1) is 0 Å². The third kappa shape index (κ3) is 4.93. The Morgan fingerprint density at radius 2 is 1.67 bits per heavy atom. The van der Waals surface area contributed by atoms with Gasteiger partial charge in [-0.25, -0.2) is 12.8 Å². The standard InChI is InChI=1S/C19H17ClF4N2O3S/c20-13-1-4-15(5-2-13)30(28,29)26-9-7-12(8-10-26)18(27)25-14-3-6-17(21)16(11-14)19(22,23)24/h1-6,11-12H,7-10H2,(H,25,27). The van der Waals surface area contributed by atoms with Crippen molar-refractivity contribution < 1.29 is 30.8 Å². The zero-order valence-electron chi connectivity index (χ0n) is 15.4. The minimum Gasteiger partial charge on any atom is -0.326 e. The first kappa shape index (κ1) is 22.5. The summed E-state index contributed by atoms with van der Waals surface area (Å²) in [5.74, 6) is -2.56. The summed E-state index contributed by atoms with van der Waals surface area (Å²) < 4.78 is 78.4. The molecule has 0 atom stereocenters. The van der Waals surface area contributed by atoms with Crippen LogP contribution >= 0.6 is 11.6 Å². The van der Waals surface area contributed by atoms with Crippen molar-refractivity contribution in [1.29, 1.82) is 0 Å². The summed E-state index contributed by atoms with van der Waals surface area (Å²) >= 11 is 5.78. The molecule has 5 nitrogen and oxygen atoms in total. The monoisotopic (exact) mass is 464 g/mol. The highest BCUT2D eigenvalue weighted by molar-refractivity contribution is 7.89. The van der Waals surface area contributed by atoms with Gasteiger partial charge >= 0.3 is 6.18 Å². The number of hydrogen-bond donors (Lipinski definition) is 1. The number of piperidine rings is 1. The van der Waals surface area contributed by atoms with Gasteiger partial charge in [0, 0.05) is 29.7 Å². The maximum atomic E-state index is 13.4. The summed E-state index contributed by atoms with van der Waals surface area (Å²) in [5.41, 5.74) is -1.64. The lowest BCUT2D eigenvalue weighted by molar-refractivity contribution is -0.140. The highest BCUT2D eigenvalue weighted by Gasteiger charge is 2.35. The highest BCUT2D eigenvalue weighted by atomic mass is 35.5. The van der Waals surface area contributed by atoms with E-state index in [4.69, 9.17) is 11.6 Å². The van der Waals surface area contributed by atoms with Crippen LogP contribution in [0.2, 0.25) is 5.02 Å². The molecule has 1 aliphatic heterocycles. The van der Waals surface area contributed by atoms with E-state index in [1.807, 2.05) is 0 Å². The molecule has 1 aliphatic rings. The average molecular weight is 465 g/mol. The molecule has 30 heavy (non-hydrogen) atoms. The number of sulfonamides is 1. The molecule has 0 radical (unpaired) electrons. The van der Waals surface area contributed by atoms with Crippen LogP contribution in [0.4, 0.5) is 23.2 Å². The van der Waals surface area contributed by atoms with Crippen molar-refractivity contribution in [3.05, 3.63) is 58.9 Å². The number of amides is 1. The molecular weight excluding hydrogens is 448 g/mol. The van der Waals surface area contributed by atoms with E-state index in [0.717, 1.165) is 6.07 Å². The van der Waals surface area contributed by atoms with E-state index >= 15 is 0 Å². The number of alkyl halides is 3. The molecule has 1 fully saturated rings. The minimum absolute atomic E-state index is 0.0836. The predicted octanol–water partition coefficient (Wildman–Crippen LogP) is 4.54. The second-order valence-electron chi connectivity index (χ2n) is 6.81. The molecule has 0 bridgehead atoms. The summed E-state index contributed by atoms with van der Waals surface area (Å²) in [6.07, 6.45) is -4.48. The molecule has 1 N–H and O–H groups in total. The first-order valence-electron chi connectivity index (χ1n) is 8.92. The van der Waals surface area contributed by atoms with Gasteiger partial charge in [0.2, 0.25) is 15.9 Å². The second-order valence-corrected chi connectivity index (χ2v) is 9.19. The molecule has 2 aromatic rings. The van der Waals surface area contributed by atoms with Gasteiger partial charge in [-0.2, -0.15) is 17.5 Å². The average Bonchev–Trinajstić information content (AvgIpc) is 2.69. The first-order chi connectivity index (χ1) is 14.0. The lowest BCUT2D eigenvalue weighted by Gasteiger charge is -2.30. The maximum Gasteiger partial charge on any atom is 0.419 e. The van der Waals surface area contributed by atoms with E-state index in [0.29, 0.717) is 17.2 Å². The number of nitrogens with one attached hydrogen (secondary N) is 1. The van der Waals surface area contributed by atoms with Crippen molar-refractivity contribution in [3.63, 3.8) is 0 Å². The number of nitrogens with zero attached hydrogens (tertiary/aromatic N) is 1. The highest BCUT2D eigenvalue weighted by Crippen LogP contribution is 2.33. The Kier molecular flexibility index (Phi) is 6.40. The van der Waals surface area contributed by atoms with Crippen LogP contribution in [0.1, 0.15) is 18.4 Å². The first-order valence-corrected chi connectivity index (χ1v) is 10.7. The van der Waals surface area contributed by atoms with Gasteiger partial charge < -0.3 is 5.32 Å². The van der Waals surface area contributed by atoms with Crippen molar-refractivity contribution in [2.45, 2.75) is 23.9 Å². The topological polar surface area (TPSA) is 66.5 Å². The SMILES string of the molecule is O=C(Nc1ccc(F)c(C(F)(F)F)c1)C1CCN(S(=O)(=O)c2ccc(Cl)cc2)CC1. The van der Waals surface area contributed by atoms with E-state index in [2.05, 4.69) is 5.32 Å². The normalized spacial score (nSPS) is 16.4. The Morgan fingerprint density at radius 3 is 2.23 bits per heavy atom. The van der Waals surface area contributed by atoms with Crippen molar-refractivity contribution in [3.8, 4) is 0 Å². The summed E-state index contributed by atoms with van der Waals surface area (Å²) in [5, 5.41) is 2.76. The molecule has 1 saturated heterocycles. The molecular formula is C19H17ClF4N2O3S. The van der Waals surface area contributed by atoms with Crippen molar-refractivity contribution >= 4 is 33.2 Å². The summed E-state index contributed by atoms with van der Waals surface area (Å²) in [7, 11) is -3.74. The Balaban J connectivity index is 1.64. The molecule has 1 heterocycles. The zero-order valence-corrected chi connectivity index (χ0v) is 17.0. The lowest BCUT2D eigenvalue weighted by Crippen LogP contribution is -2.41. The third-order valence-electron chi connectivity index (χ3n) is 4.82. The van der Waals surface area contributed by atoms with Crippen LogP contribution in [0.3, 0.4) is 0 Å². The third-order valence-corrected chi connectivity index (χ3v) is 6.98. The molecule has 3 rings (SSSR count). The van der Waals surface area contributed by atoms with Crippen LogP contribution in [0.25, 0.3) is 0 Å². The lowest BCUT2D eigenvalue weighted by atomic mass is 9.97. The second kappa shape index (κ2) is 8.52. The fraction of sp³-hybridized carbons (Fsp3) is 0.316. The van der Waals surface area contributed by atoms with E-state index in [1.54, 1.807) is 0 Å². The fourth-order valence-corrected chi connectivity index (χ4v) is 4.77. The van der Waals surface area contributed by atoms with Gasteiger partial charge in [-0.1, -0.05) is 11.6 Å². The maximum absolute atomic E-state index is 13.4. The molecule has 11 heteroatoms. The van der Waals surface area contributed by atoms with E-state index in [1.165, 1.54) is 28.6 Å². The van der Waals surface area contributed by atoms with Crippen LogP contribution in [0.15, 0.2) is 47.4 Å². The molecule has 0 spiro atoms. The van der Waals surface area contributed by atoms with Gasteiger partial charge in [-0.05, 0) is 55.3 Å². The van der Waals surface area contributed by atoms with E-state index in [9.17, 15) is 30.8 Å². The smallest absolute Gasteiger partial charge is 0.326 e. The van der Waals surface area contributed by atoms with Crippen LogP contribution in [-0.4, -0.2) is 31.7 Å². The minimum atomic E-state index is -4.88. The van der Waals surface area contributed by atoms with Crippen LogP contribution in [0, 0.1) is 11.7 Å². The number of benzene rings is 2. The quantitative estimate of drug-likeness (QED) is 0.676. The molecule has 0 unspecified atom stereocenters. The van der Waals surface area contributed by atoms with Crippen LogP contribution < -0.4 is 5.32 Å². The van der Waals surface area contributed by atoms with Gasteiger partial charge in [0.15, 0.2) is 0 Å². The van der Waals surface area contributed by atoms with Crippen LogP contribution in [0.5, 0.6) is 0 Å². The Morgan fingerprint density at radius 1 is 1.07 bits per heavy atom. The predicted molar refractivity (Wildman–Crippen MR) is 103 cm³/mol. The molecule has 1 amide bonds. The van der Waals surface area contributed by atoms with Gasteiger partial charge in [0.25, 0.3) is 0 Å². The van der Waals surface area contributed by atoms with E-state index in [-0.39, 0.29) is 36.5 Å². The number of anilines is 1. The van der Waals surface area contributed by atoms with Gasteiger partial charge in [-0.3, -0.25) is 4.79 Å². The Labute approximate surface area is 175 Å². The number of hydrogen-bond acceptors (Lipinski definition) is 3. The van der Waals surface area contributed by atoms with Crippen molar-refractivity contribution in [2.75, 3.05) is 18.4 Å². The molecule has 0 aromatic heterocycles. The Bertz CT molecular complexity index is 1030. The zero-order chi connectivity index (χ0) is 22.1. The van der Waals surface area contributed by atoms with Gasteiger partial charge in [0.1, 0.15) is 5.82 Å². The largest absolute Gasteiger partial charge is 0.419 e. The number of carbonyl (C=O) groups is 1. The molecule has 0 saturated carbocycles. The van der Waals surface area contributed by atoms with E-state index < -0.39 is 39.4 Å². The van der Waals surface area contributed by atoms with Crippen molar-refractivity contribution in [2.24, 2.45) is 5.92 Å².